The van der Waals surface area contributed by atoms with Crippen LogP contribution in [0.15, 0.2) is 30.6 Å². The molecule has 0 fully saturated rings. The van der Waals surface area contributed by atoms with Gasteiger partial charge in [0.2, 0.25) is 0 Å². The summed E-state index contributed by atoms with van der Waals surface area (Å²) in [5, 5.41) is 1.19. The highest BCUT2D eigenvalue weighted by Crippen LogP contribution is 2.27. The molecule has 0 saturated heterocycles. The Morgan fingerprint density at radius 1 is 1.44 bits per heavy atom. The Hall–Kier alpha value is -1.55. The summed E-state index contributed by atoms with van der Waals surface area (Å²) < 4.78 is 0. The maximum absolute atomic E-state index is 5.73. The van der Waals surface area contributed by atoms with Gasteiger partial charge in [-0.15, -0.1) is 0 Å². The summed E-state index contributed by atoms with van der Waals surface area (Å²) in [4.78, 5) is 9.32. The van der Waals surface area contributed by atoms with Crippen molar-refractivity contribution in [3.8, 4) is 0 Å². The topological polar surface area (TPSA) is 31.9 Å². The third-order valence-corrected chi connectivity index (χ3v) is 3.04. The van der Waals surface area contributed by atoms with E-state index in [1.165, 1.54) is 16.5 Å². The van der Waals surface area contributed by atoms with Crippen LogP contribution in [0.1, 0.15) is 12.0 Å². The van der Waals surface area contributed by atoms with Crippen molar-refractivity contribution in [2.24, 2.45) is 0 Å². The van der Waals surface area contributed by atoms with Gasteiger partial charge in [-0.3, -0.25) is 0 Å². The first kappa shape index (κ1) is 9.66. The van der Waals surface area contributed by atoms with Crippen molar-refractivity contribution in [2.75, 3.05) is 13.1 Å². The van der Waals surface area contributed by atoms with Gasteiger partial charge in [-0.2, -0.15) is 0 Å². The number of hydrogen-bond acceptors (Lipinski definition) is 2. The molecule has 1 N–H and O–H groups in total. The first-order valence-corrected chi connectivity index (χ1v) is 5.46. The number of fused-ring (bicyclic) bond motifs is 1. The second-order valence-corrected chi connectivity index (χ2v) is 4.08. The van der Waals surface area contributed by atoms with Gasteiger partial charge in [-0.05, 0) is 30.7 Å². The molecule has 2 aromatic rings. The Kier molecular flexibility index (Phi) is 2.29. The molecule has 0 unspecified atom stereocenters. The van der Waals surface area contributed by atoms with E-state index in [9.17, 15) is 0 Å². The van der Waals surface area contributed by atoms with Crippen molar-refractivity contribution in [3.05, 3.63) is 36.2 Å². The number of nitrogens with zero attached hydrogens (tertiary/aromatic N) is 2. The lowest BCUT2D eigenvalue weighted by Crippen LogP contribution is -2.25. The van der Waals surface area contributed by atoms with E-state index in [0.717, 1.165) is 25.2 Å². The molecule has 0 aromatic carbocycles. The SMILES string of the molecule is [B]N1CC=C(c2c[nH]c3ncccc23)CC1. The summed E-state index contributed by atoms with van der Waals surface area (Å²) >= 11 is 0. The van der Waals surface area contributed by atoms with Gasteiger partial charge in [-0.1, -0.05) is 6.08 Å². The lowest BCUT2D eigenvalue weighted by Gasteiger charge is -2.22. The molecule has 3 heterocycles. The maximum Gasteiger partial charge on any atom is 0.182 e. The minimum atomic E-state index is 0.822. The van der Waals surface area contributed by atoms with Gasteiger partial charge in [0.05, 0.1) is 0 Å². The summed E-state index contributed by atoms with van der Waals surface area (Å²) in [6, 6.07) is 4.07. The third kappa shape index (κ3) is 1.55. The second-order valence-electron chi connectivity index (χ2n) is 4.08. The number of nitrogens with one attached hydrogen (secondary N) is 1. The van der Waals surface area contributed by atoms with Gasteiger partial charge in [-0.25, -0.2) is 4.98 Å². The maximum atomic E-state index is 5.73. The summed E-state index contributed by atoms with van der Waals surface area (Å²) in [6.45, 7) is 1.74. The fourth-order valence-corrected chi connectivity index (χ4v) is 2.15. The first-order chi connectivity index (χ1) is 7.84. The molecule has 78 valence electrons. The molecule has 1 aliphatic rings. The Morgan fingerprint density at radius 2 is 2.38 bits per heavy atom. The van der Waals surface area contributed by atoms with Crippen molar-refractivity contribution in [1.82, 2.24) is 14.8 Å². The van der Waals surface area contributed by atoms with E-state index >= 15 is 0 Å². The Labute approximate surface area is 95.6 Å². The summed E-state index contributed by atoms with van der Waals surface area (Å²) in [5.74, 6) is 0. The molecule has 0 saturated carbocycles. The zero-order valence-corrected chi connectivity index (χ0v) is 8.98. The molecule has 4 heteroatoms. The van der Waals surface area contributed by atoms with Crippen LogP contribution < -0.4 is 0 Å². The average molecular weight is 209 g/mol. The standard InChI is InChI=1S/C12H12BN3/c13-16-6-3-9(4-7-16)11-8-15-12-10(11)2-1-5-14-12/h1-3,5,8H,4,6-7H2,(H,14,15). The van der Waals surface area contributed by atoms with Gasteiger partial charge in [0.1, 0.15) is 5.65 Å². The molecule has 0 atom stereocenters. The minimum absolute atomic E-state index is 0.822. The summed E-state index contributed by atoms with van der Waals surface area (Å²) in [7, 11) is 5.73. The van der Waals surface area contributed by atoms with Crippen LogP contribution in [-0.2, 0) is 0 Å². The van der Waals surface area contributed by atoms with Crippen molar-refractivity contribution < 1.29 is 0 Å². The van der Waals surface area contributed by atoms with Crippen LogP contribution in [0.3, 0.4) is 0 Å². The molecule has 16 heavy (non-hydrogen) atoms. The molecule has 1 aliphatic heterocycles. The largest absolute Gasteiger partial charge is 0.350 e. The molecular formula is C12H12BN3. The number of pyridine rings is 1. The fraction of sp³-hybridized carbons (Fsp3) is 0.250. The quantitative estimate of drug-likeness (QED) is 0.725. The molecule has 0 amide bonds. The average Bonchev–Trinajstić information content (AvgIpc) is 2.74. The molecular weight excluding hydrogens is 197 g/mol. The van der Waals surface area contributed by atoms with Crippen molar-refractivity contribution >= 4 is 24.6 Å². The summed E-state index contributed by atoms with van der Waals surface area (Å²) in [6.07, 6.45) is 7.03. The highest BCUT2D eigenvalue weighted by atomic mass is 15.0. The highest BCUT2D eigenvalue weighted by Gasteiger charge is 2.12. The number of aromatic amines is 1. The van der Waals surface area contributed by atoms with Gasteiger partial charge in [0.25, 0.3) is 0 Å². The molecule has 2 aromatic heterocycles. The second kappa shape index (κ2) is 3.79. The zero-order chi connectivity index (χ0) is 11.0. The van der Waals surface area contributed by atoms with Crippen molar-refractivity contribution in [1.29, 1.82) is 0 Å². The Morgan fingerprint density at radius 3 is 3.19 bits per heavy atom. The first-order valence-electron chi connectivity index (χ1n) is 5.46. The van der Waals surface area contributed by atoms with Gasteiger partial charge < -0.3 is 9.79 Å². The molecule has 0 aliphatic carbocycles. The van der Waals surface area contributed by atoms with Crippen molar-refractivity contribution in [2.45, 2.75) is 6.42 Å². The van der Waals surface area contributed by atoms with Crippen molar-refractivity contribution in [3.63, 3.8) is 0 Å². The van der Waals surface area contributed by atoms with Crippen LogP contribution in [0, 0.1) is 0 Å². The Balaban J connectivity index is 2.06. The van der Waals surface area contributed by atoms with E-state index in [1.807, 2.05) is 17.1 Å². The van der Waals surface area contributed by atoms with Crippen LogP contribution in [-0.4, -0.2) is 35.8 Å². The number of aromatic nitrogens is 2. The monoisotopic (exact) mass is 209 g/mol. The molecule has 3 rings (SSSR count). The van der Waals surface area contributed by atoms with Crippen LogP contribution >= 0.6 is 0 Å². The van der Waals surface area contributed by atoms with E-state index in [1.54, 1.807) is 6.20 Å². The van der Waals surface area contributed by atoms with Crippen LogP contribution in [0.2, 0.25) is 0 Å². The van der Waals surface area contributed by atoms with Crippen LogP contribution in [0.5, 0.6) is 0 Å². The predicted molar refractivity (Wildman–Crippen MR) is 66.0 cm³/mol. The van der Waals surface area contributed by atoms with E-state index in [-0.39, 0.29) is 0 Å². The fourth-order valence-electron chi connectivity index (χ4n) is 2.15. The lowest BCUT2D eigenvalue weighted by atomic mass is 9.98. The molecule has 2 radical (unpaired) electrons. The van der Waals surface area contributed by atoms with Gasteiger partial charge in [0, 0.05) is 29.9 Å². The van der Waals surface area contributed by atoms with Crippen LogP contribution in [0.4, 0.5) is 0 Å². The highest BCUT2D eigenvalue weighted by molar-refractivity contribution is 6.05. The molecule has 0 bridgehead atoms. The van der Waals surface area contributed by atoms with E-state index < -0.39 is 0 Å². The molecule has 0 spiro atoms. The van der Waals surface area contributed by atoms with E-state index in [2.05, 4.69) is 22.1 Å². The van der Waals surface area contributed by atoms with Gasteiger partial charge >= 0.3 is 0 Å². The zero-order valence-electron chi connectivity index (χ0n) is 8.98. The van der Waals surface area contributed by atoms with Crippen LogP contribution in [0.25, 0.3) is 16.6 Å². The van der Waals surface area contributed by atoms with E-state index in [4.69, 9.17) is 7.98 Å². The minimum Gasteiger partial charge on any atom is -0.350 e. The third-order valence-electron chi connectivity index (χ3n) is 3.04. The Bertz CT molecular complexity index is 544. The number of H-pyrrole nitrogens is 1. The summed E-state index contributed by atoms with van der Waals surface area (Å²) in [5.41, 5.74) is 3.57. The molecule has 3 nitrogen and oxygen atoms in total. The number of hydrogen-bond donors (Lipinski definition) is 1. The van der Waals surface area contributed by atoms with Gasteiger partial charge in [0.15, 0.2) is 7.98 Å². The lowest BCUT2D eigenvalue weighted by molar-refractivity contribution is 0.498. The normalized spacial score (nSPS) is 17.6. The number of rotatable bonds is 1. The predicted octanol–water partition coefficient (Wildman–Crippen LogP) is 1.74. The van der Waals surface area contributed by atoms with E-state index in [0.29, 0.717) is 0 Å². The smallest absolute Gasteiger partial charge is 0.182 e.